The topological polar surface area (TPSA) is 25.8 Å². The van der Waals surface area contributed by atoms with Crippen molar-refractivity contribution in [3.8, 4) is 11.4 Å². The van der Waals surface area contributed by atoms with E-state index in [4.69, 9.17) is 0 Å². The second-order valence-corrected chi connectivity index (χ2v) is 5.30. The van der Waals surface area contributed by atoms with E-state index in [0.717, 1.165) is 11.4 Å². The number of rotatable bonds is 1. The predicted molar refractivity (Wildman–Crippen MR) is 71.5 cm³/mol. The summed E-state index contributed by atoms with van der Waals surface area (Å²) in [6.07, 6.45) is 11.2. The van der Waals surface area contributed by atoms with Crippen molar-refractivity contribution in [2.45, 2.75) is 38.5 Å². The van der Waals surface area contributed by atoms with Gasteiger partial charge in [0.15, 0.2) is 0 Å². The van der Waals surface area contributed by atoms with Crippen LogP contribution in [-0.4, -0.2) is 9.97 Å². The molecule has 2 nitrogen and oxygen atoms in total. The van der Waals surface area contributed by atoms with Crippen LogP contribution in [0.3, 0.4) is 0 Å². The lowest BCUT2D eigenvalue weighted by atomic mass is 10.0. The van der Waals surface area contributed by atoms with Crippen LogP contribution in [0.1, 0.15) is 35.1 Å². The minimum absolute atomic E-state index is 1.16. The Kier molecular flexibility index (Phi) is 2.22. The number of fused-ring (bicyclic) bond motifs is 2. The summed E-state index contributed by atoms with van der Waals surface area (Å²) in [5.74, 6) is 0. The second-order valence-electron chi connectivity index (χ2n) is 5.30. The van der Waals surface area contributed by atoms with Gasteiger partial charge in [0, 0.05) is 12.4 Å². The van der Waals surface area contributed by atoms with Crippen molar-refractivity contribution in [1.82, 2.24) is 9.97 Å². The van der Waals surface area contributed by atoms with Crippen LogP contribution < -0.4 is 0 Å². The Balaban J connectivity index is 1.95. The lowest BCUT2D eigenvalue weighted by molar-refractivity contribution is 0.907. The fourth-order valence-electron chi connectivity index (χ4n) is 3.41. The van der Waals surface area contributed by atoms with E-state index in [0.29, 0.717) is 0 Å². The molecule has 90 valence electrons. The third kappa shape index (κ3) is 1.41. The van der Waals surface area contributed by atoms with Gasteiger partial charge < -0.3 is 0 Å². The summed E-state index contributed by atoms with van der Waals surface area (Å²) in [5.41, 5.74) is 8.18. The van der Waals surface area contributed by atoms with Crippen LogP contribution in [0, 0.1) is 0 Å². The minimum atomic E-state index is 1.16. The summed E-state index contributed by atoms with van der Waals surface area (Å²) in [4.78, 5) is 9.27. The fraction of sp³-hybridized carbons (Fsp3) is 0.375. The molecule has 0 atom stereocenters. The van der Waals surface area contributed by atoms with Crippen LogP contribution >= 0.6 is 0 Å². The number of hydrogen-bond donors (Lipinski definition) is 0. The Morgan fingerprint density at radius 1 is 0.667 bits per heavy atom. The number of hydrogen-bond acceptors (Lipinski definition) is 2. The van der Waals surface area contributed by atoms with Crippen LogP contribution in [0.5, 0.6) is 0 Å². The van der Waals surface area contributed by atoms with Gasteiger partial charge in [-0.05, 0) is 72.9 Å². The number of aromatic nitrogens is 2. The Morgan fingerprint density at radius 2 is 1.17 bits per heavy atom. The Bertz CT molecular complexity index is 561. The smallest absolute Gasteiger partial charge is 0.0923 e. The van der Waals surface area contributed by atoms with E-state index in [1.54, 1.807) is 0 Å². The van der Waals surface area contributed by atoms with Gasteiger partial charge in [-0.2, -0.15) is 0 Å². The van der Waals surface area contributed by atoms with Crippen molar-refractivity contribution in [3.05, 3.63) is 46.8 Å². The summed E-state index contributed by atoms with van der Waals surface area (Å²) in [6, 6.07) is 4.35. The quantitative estimate of drug-likeness (QED) is 0.760. The number of pyridine rings is 2. The highest BCUT2D eigenvalue weighted by Crippen LogP contribution is 2.34. The van der Waals surface area contributed by atoms with Crippen molar-refractivity contribution in [1.29, 1.82) is 0 Å². The van der Waals surface area contributed by atoms with Crippen LogP contribution in [0.2, 0.25) is 0 Å². The Labute approximate surface area is 107 Å². The minimum Gasteiger partial charge on any atom is -0.254 e. The Morgan fingerprint density at radius 3 is 1.67 bits per heavy atom. The van der Waals surface area contributed by atoms with Crippen LogP contribution in [0.15, 0.2) is 24.5 Å². The maximum Gasteiger partial charge on any atom is 0.0923 e. The van der Waals surface area contributed by atoms with E-state index in [1.165, 1.54) is 60.8 Å². The lowest BCUT2D eigenvalue weighted by Crippen LogP contribution is -1.98. The molecular formula is C16H16N2. The molecule has 0 radical (unpaired) electrons. The zero-order valence-corrected chi connectivity index (χ0v) is 10.4. The van der Waals surface area contributed by atoms with Crippen molar-refractivity contribution < 1.29 is 0 Å². The first-order chi connectivity index (χ1) is 8.93. The molecule has 0 bridgehead atoms. The van der Waals surface area contributed by atoms with Crippen molar-refractivity contribution in [3.63, 3.8) is 0 Å². The maximum absolute atomic E-state index is 4.64. The third-order valence-electron chi connectivity index (χ3n) is 4.28. The number of aryl methyl sites for hydroxylation is 2. The van der Waals surface area contributed by atoms with Crippen LogP contribution in [0.4, 0.5) is 0 Å². The predicted octanol–water partition coefficient (Wildman–Crippen LogP) is 3.12. The van der Waals surface area contributed by atoms with Crippen molar-refractivity contribution in [2.75, 3.05) is 0 Å². The molecule has 0 aliphatic heterocycles. The van der Waals surface area contributed by atoms with Gasteiger partial charge in [-0.3, -0.25) is 9.97 Å². The number of nitrogens with zero attached hydrogens (tertiary/aromatic N) is 2. The van der Waals surface area contributed by atoms with Gasteiger partial charge in [0.05, 0.1) is 11.4 Å². The molecule has 0 unspecified atom stereocenters. The maximum atomic E-state index is 4.64. The molecule has 0 N–H and O–H groups in total. The van der Waals surface area contributed by atoms with Crippen LogP contribution in [-0.2, 0) is 25.7 Å². The molecule has 0 saturated heterocycles. The van der Waals surface area contributed by atoms with E-state index in [-0.39, 0.29) is 0 Å². The standard InChI is InChI=1S/C16H16N2/c1-3-11-7-9-17-15(13(11)5-1)16-14-6-2-4-12(14)8-10-18-16/h7-10H,1-6H2. The molecule has 4 rings (SSSR count). The zero-order chi connectivity index (χ0) is 11.9. The molecule has 2 aliphatic rings. The van der Waals surface area contributed by atoms with Gasteiger partial charge in [-0.1, -0.05) is 0 Å². The highest BCUT2D eigenvalue weighted by molar-refractivity contribution is 5.67. The molecule has 2 aliphatic carbocycles. The fourth-order valence-corrected chi connectivity index (χ4v) is 3.41. The van der Waals surface area contributed by atoms with Gasteiger partial charge in [0.25, 0.3) is 0 Å². The monoisotopic (exact) mass is 236 g/mol. The van der Waals surface area contributed by atoms with E-state index in [9.17, 15) is 0 Å². The molecule has 18 heavy (non-hydrogen) atoms. The lowest BCUT2D eigenvalue weighted by Gasteiger charge is -2.10. The van der Waals surface area contributed by atoms with Gasteiger partial charge in [0.1, 0.15) is 0 Å². The van der Waals surface area contributed by atoms with E-state index < -0.39 is 0 Å². The summed E-state index contributed by atoms with van der Waals surface area (Å²) < 4.78 is 0. The average molecular weight is 236 g/mol. The summed E-state index contributed by atoms with van der Waals surface area (Å²) in [7, 11) is 0. The first kappa shape index (κ1) is 10.2. The summed E-state index contributed by atoms with van der Waals surface area (Å²) in [6.45, 7) is 0. The second kappa shape index (κ2) is 3.91. The van der Waals surface area contributed by atoms with Gasteiger partial charge >= 0.3 is 0 Å². The molecule has 0 aromatic carbocycles. The van der Waals surface area contributed by atoms with E-state index in [1.807, 2.05) is 12.4 Å². The molecule has 0 spiro atoms. The Hall–Kier alpha value is -1.70. The molecule has 2 heteroatoms. The highest BCUT2D eigenvalue weighted by Gasteiger charge is 2.22. The average Bonchev–Trinajstić information content (AvgIpc) is 3.06. The SMILES string of the molecule is c1cc2c(c(-c3nccc4c3CCC4)n1)CCC2. The van der Waals surface area contributed by atoms with Crippen molar-refractivity contribution in [2.24, 2.45) is 0 Å². The molecule has 2 heterocycles. The normalized spacial score (nSPS) is 16.7. The molecule has 0 saturated carbocycles. The first-order valence-corrected chi connectivity index (χ1v) is 6.87. The molecule has 0 amide bonds. The highest BCUT2D eigenvalue weighted by atomic mass is 14.8. The molecular weight excluding hydrogens is 220 g/mol. The summed E-state index contributed by atoms with van der Waals surface area (Å²) in [5, 5.41) is 0. The van der Waals surface area contributed by atoms with E-state index in [2.05, 4.69) is 22.1 Å². The van der Waals surface area contributed by atoms with Gasteiger partial charge in [0.2, 0.25) is 0 Å². The van der Waals surface area contributed by atoms with Gasteiger partial charge in [-0.15, -0.1) is 0 Å². The van der Waals surface area contributed by atoms with Gasteiger partial charge in [-0.25, -0.2) is 0 Å². The third-order valence-corrected chi connectivity index (χ3v) is 4.28. The van der Waals surface area contributed by atoms with Crippen LogP contribution in [0.25, 0.3) is 11.4 Å². The molecule has 2 aromatic heterocycles. The van der Waals surface area contributed by atoms with Crippen molar-refractivity contribution >= 4 is 0 Å². The summed E-state index contributed by atoms with van der Waals surface area (Å²) >= 11 is 0. The zero-order valence-electron chi connectivity index (χ0n) is 10.4. The first-order valence-electron chi connectivity index (χ1n) is 6.87. The largest absolute Gasteiger partial charge is 0.254 e. The molecule has 2 aromatic rings. The molecule has 0 fully saturated rings. The van der Waals surface area contributed by atoms with E-state index >= 15 is 0 Å².